The summed E-state index contributed by atoms with van der Waals surface area (Å²) in [5, 5.41) is 5.95. The number of nitrogens with one attached hydrogen (secondary N) is 2. The van der Waals surface area contributed by atoms with Crippen LogP contribution in [0.3, 0.4) is 0 Å². The summed E-state index contributed by atoms with van der Waals surface area (Å²) in [6.07, 6.45) is -1.14. The van der Waals surface area contributed by atoms with E-state index in [-0.39, 0.29) is 43.2 Å². The number of amides is 1. The van der Waals surface area contributed by atoms with Gasteiger partial charge in [-0.2, -0.15) is 13.2 Å². The normalized spacial score (nSPS) is 31.6. The van der Waals surface area contributed by atoms with Gasteiger partial charge in [-0.1, -0.05) is 0 Å². The molecule has 0 radical (unpaired) electrons. The Morgan fingerprint density at radius 2 is 1.74 bits per heavy atom. The van der Waals surface area contributed by atoms with Gasteiger partial charge in [0, 0.05) is 6.04 Å². The first-order chi connectivity index (χ1) is 8.47. The quantitative estimate of drug-likeness (QED) is 0.822. The maximum Gasteiger partial charge on any atom is 0.391 e. The van der Waals surface area contributed by atoms with Crippen LogP contribution in [0.1, 0.15) is 38.5 Å². The molecule has 1 heterocycles. The molecule has 1 saturated carbocycles. The predicted molar refractivity (Wildman–Crippen MR) is 68.2 cm³/mol. The van der Waals surface area contributed by atoms with Crippen molar-refractivity contribution in [1.82, 2.24) is 10.6 Å². The molecular formula is C12H20ClF3N2O. The summed E-state index contributed by atoms with van der Waals surface area (Å²) in [5.41, 5.74) is 0. The molecule has 0 unspecified atom stereocenters. The fourth-order valence-corrected chi connectivity index (χ4v) is 2.78. The average molecular weight is 301 g/mol. The van der Waals surface area contributed by atoms with Crippen molar-refractivity contribution in [2.24, 2.45) is 5.92 Å². The van der Waals surface area contributed by atoms with E-state index in [1.165, 1.54) is 0 Å². The number of carbonyl (C=O) groups excluding carboxylic acids is 1. The molecule has 2 rings (SSSR count). The van der Waals surface area contributed by atoms with Crippen LogP contribution in [0.25, 0.3) is 0 Å². The second-order valence-electron chi connectivity index (χ2n) is 5.25. The molecule has 3 nitrogen and oxygen atoms in total. The molecule has 19 heavy (non-hydrogen) atoms. The van der Waals surface area contributed by atoms with Crippen molar-refractivity contribution in [1.29, 1.82) is 0 Å². The van der Waals surface area contributed by atoms with Crippen molar-refractivity contribution < 1.29 is 18.0 Å². The Bertz CT molecular complexity index is 298. The van der Waals surface area contributed by atoms with Gasteiger partial charge in [0.25, 0.3) is 0 Å². The van der Waals surface area contributed by atoms with Crippen LogP contribution in [0.2, 0.25) is 0 Å². The first kappa shape index (κ1) is 16.6. The van der Waals surface area contributed by atoms with Gasteiger partial charge < -0.3 is 10.6 Å². The lowest BCUT2D eigenvalue weighted by Crippen LogP contribution is -2.47. The molecule has 112 valence electrons. The Kier molecular flexibility index (Phi) is 5.92. The Balaban J connectivity index is 0.00000180. The van der Waals surface area contributed by atoms with Gasteiger partial charge in [0.15, 0.2) is 0 Å². The highest BCUT2D eigenvalue weighted by Crippen LogP contribution is 2.37. The van der Waals surface area contributed by atoms with E-state index in [0.717, 1.165) is 19.4 Å². The molecule has 2 fully saturated rings. The minimum Gasteiger partial charge on any atom is -0.352 e. The van der Waals surface area contributed by atoms with E-state index in [2.05, 4.69) is 10.6 Å². The molecule has 0 aromatic rings. The molecule has 7 heteroatoms. The third kappa shape index (κ3) is 4.53. The van der Waals surface area contributed by atoms with Gasteiger partial charge in [-0.05, 0) is 45.1 Å². The number of alkyl halides is 3. The van der Waals surface area contributed by atoms with Crippen LogP contribution < -0.4 is 10.6 Å². The molecule has 0 aromatic heterocycles. The van der Waals surface area contributed by atoms with Crippen LogP contribution in [0.15, 0.2) is 0 Å². The Morgan fingerprint density at radius 1 is 1.11 bits per heavy atom. The summed E-state index contributed by atoms with van der Waals surface area (Å²) in [6, 6.07) is -0.233. The average Bonchev–Trinajstić information content (AvgIpc) is 2.82. The highest BCUT2D eigenvalue weighted by Gasteiger charge is 2.41. The van der Waals surface area contributed by atoms with E-state index in [1.54, 1.807) is 0 Å². The lowest BCUT2D eigenvalue weighted by molar-refractivity contribution is -0.182. The maximum absolute atomic E-state index is 12.5. The fraction of sp³-hybridized carbons (Fsp3) is 0.917. The highest BCUT2D eigenvalue weighted by atomic mass is 35.5. The van der Waals surface area contributed by atoms with E-state index in [1.807, 2.05) is 0 Å². The minimum atomic E-state index is -4.08. The number of hydrogen-bond donors (Lipinski definition) is 2. The largest absolute Gasteiger partial charge is 0.391 e. The summed E-state index contributed by atoms with van der Waals surface area (Å²) in [5.74, 6) is -1.24. The van der Waals surface area contributed by atoms with Crippen molar-refractivity contribution >= 4 is 18.3 Å². The zero-order valence-corrected chi connectivity index (χ0v) is 11.4. The van der Waals surface area contributed by atoms with Crippen molar-refractivity contribution in [2.45, 2.75) is 56.8 Å². The number of carbonyl (C=O) groups is 1. The number of rotatable bonds is 2. The van der Waals surface area contributed by atoms with Gasteiger partial charge in [0.1, 0.15) is 0 Å². The van der Waals surface area contributed by atoms with E-state index >= 15 is 0 Å². The van der Waals surface area contributed by atoms with Gasteiger partial charge in [-0.3, -0.25) is 4.79 Å². The third-order valence-electron chi connectivity index (χ3n) is 3.91. The molecule has 2 N–H and O–H groups in total. The van der Waals surface area contributed by atoms with Crippen LogP contribution in [-0.2, 0) is 4.79 Å². The molecule has 0 bridgehead atoms. The van der Waals surface area contributed by atoms with Gasteiger partial charge >= 0.3 is 6.18 Å². The smallest absolute Gasteiger partial charge is 0.352 e. The van der Waals surface area contributed by atoms with Gasteiger partial charge in [-0.15, -0.1) is 12.4 Å². The second-order valence-corrected chi connectivity index (χ2v) is 5.25. The molecule has 1 saturated heterocycles. The highest BCUT2D eigenvalue weighted by molar-refractivity contribution is 5.85. The zero-order valence-electron chi connectivity index (χ0n) is 10.6. The maximum atomic E-state index is 12.5. The van der Waals surface area contributed by atoms with Crippen molar-refractivity contribution in [3.63, 3.8) is 0 Å². The molecule has 1 atom stereocenters. The molecule has 1 aliphatic carbocycles. The lowest BCUT2D eigenvalue weighted by Gasteiger charge is -2.30. The van der Waals surface area contributed by atoms with E-state index in [4.69, 9.17) is 0 Å². The summed E-state index contributed by atoms with van der Waals surface area (Å²) in [6.45, 7) is 0.846. The van der Waals surface area contributed by atoms with Gasteiger partial charge in [-0.25, -0.2) is 0 Å². The van der Waals surface area contributed by atoms with E-state index in [0.29, 0.717) is 12.8 Å². The van der Waals surface area contributed by atoms with Crippen LogP contribution in [0, 0.1) is 5.92 Å². The van der Waals surface area contributed by atoms with E-state index in [9.17, 15) is 18.0 Å². The van der Waals surface area contributed by atoms with Gasteiger partial charge in [0.05, 0.1) is 12.0 Å². The van der Waals surface area contributed by atoms with Crippen LogP contribution in [-0.4, -0.2) is 30.7 Å². The standard InChI is InChI=1S/C12H19F3N2O.ClH/c13-12(14,15)8-3-5-9(6-4-8)17-11(18)10-2-1-7-16-10;/h8-10,16H,1-7H2,(H,17,18);1H/t8?,9?,10-;/m0./s1. The zero-order chi connectivity index (χ0) is 13.2. The summed E-state index contributed by atoms with van der Waals surface area (Å²) < 4.78 is 37.4. The topological polar surface area (TPSA) is 41.1 Å². The summed E-state index contributed by atoms with van der Waals surface area (Å²) >= 11 is 0. The Labute approximate surface area is 117 Å². The van der Waals surface area contributed by atoms with Crippen LogP contribution >= 0.6 is 12.4 Å². The molecule has 1 aliphatic heterocycles. The number of hydrogen-bond acceptors (Lipinski definition) is 2. The first-order valence-corrected chi connectivity index (χ1v) is 6.57. The lowest BCUT2D eigenvalue weighted by atomic mass is 9.85. The fourth-order valence-electron chi connectivity index (χ4n) is 2.78. The minimum absolute atomic E-state index is 0. The molecular weight excluding hydrogens is 281 g/mol. The van der Waals surface area contributed by atoms with Crippen LogP contribution in [0.4, 0.5) is 13.2 Å². The molecule has 0 spiro atoms. The predicted octanol–water partition coefficient (Wildman–Crippen LogP) is 2.40. The van der Waals surface area contributed by atoms with Crippen LogP contribution in [0.5, 0.6) is 0 Å². The second kappa shape index (κ2) is 6.79. The Hall–Kier alpha value is -0.490. The van der Waals surface area contributed by atoms with Crippen molar-refractivity contribution in [3.8, 4) is 0 Å². The van der Waals surface area contributed by atoms with Crippen molar-refractivity contribution in [3.05, 3.63) is 0 Å². The third-order valence-corrected chi connectivity index (χ3v) is 3.91. The molecule has 2 aliphatic rings. The monoisotopic (exact) mass is 300 g/mol. The molecule has 1 amide bonds. The van der Waals surface area contributed by atoms with Gasteiger partial charge in [0.2, 0.25) is 5.91 Å². The number of halogens is 4. The Morgan fingerprint density at radius 3 is 2.21 bits per heavy atom. The summed E-state index contributed by atoms with van der Waals surface area (Å²) in [7, 11) is 0. The van der Waals surface area contributed by atoms with Crippen molar-refractivity contribution in [2.75, 3.05) is 6.54 Å². The SMILES string of the molecule is Cl.O=C(NC1CCC(C(F)(F)F)CC1)[C@@H]1CCCN1. The molecule has 0 aromatic carbocycles. The van der Waals surface area contributed by atoms with E-state index < -0.39 is 12.1 Å². The summed E-state index contributed by atoms with van der Waals surface area (Å²) in [4.78, 5) is 11.8. The first-order valence-electron chi connectivity index (χ1n) is 6.57.